The lowest BCUT2D eigenvalue weighted by Gasteiger charge is -2.29. The van der Waals surface area contributed by atoms with Gasteiger partial charge < -0.3 is 15.2 Å². The van der Waals surface area contributed by atoms with Gasteiger partial charge in [0.2, 0.25) is 0 Å². The summed E-state index contributed by atoms with van der Waals surface area (Å²) in [6, 6.07) is 0. The molecule has 1 rings (SSSR count). The van der Waals surface area contributed by atoms with Crippen LogP contribution in [0.2, 0.25) is 0 Å². The maximum atomic E-state index is 12.1. The molecule has 5 nitrogen and oxygen atoms in total. The summed E-state index contributed by atoms with van der Waals surface area (Å²) < 4.78 is 40.7. The van der Waals surface area contributed by atoms with E-state index in [4.69, 9.17) is 0 Å². The minimum Gasteiger partial charge on any atom is -0.466 e. The highest BCUT2D eigenvalue weighted by atomic mass is 19.4. The van der Waals surface area contributed by atoms with Gasteiger partial charge in [-0.1, -0.05) is 0 Å². The van der Waals surface area contributed by atoms with Crippen molar-refractivity contribution in [2.24, 2.45) is 0 Å². The summed E-state index contributed by atoms with van der Waals surface area (Å²) in [5, 5.41) is 12.9. The van der Waals surface area contributed by atoms with Crippen LogP contribution in [-0.4, -0.2) is 36.8 Å². The van der Waals surface area contributed by atoms with Crippen molar-refractivity contribution in [1.29, 1.82) is 0 Å². The number of halogens is 3. The molecule has 0 aromatic heterocycles. The zero-order chi connectivity index (χ0) is 11.6. The molecule has 0 aliphatic carbocycles. The molecule has 1 aliphatic heterocycles. The summed E-state index contributed by atoms with van der Waals surface area (Å²) in [6.07, 6.45) is -7.56. The lowest BCUT2D eigenvalue weighted by molar-refractivity contribution is -0.170. The molecule has 0 unspecified atom stereocenters. The van der Waals surface area contributed by atoms with Gasteiger partial charge in [0.1, 0.15) is 6.23 Å². The van der Waals surface area contributed by atoms with Crippen molar-refractivity contribution in [3.8, 4) is 0 Å². The van der Waals surface area contributed by atoms with Gasteiger partial charge in [0.25, 0.3) is 0 Å². The van der Waals surface area contributed by atoms with Crippen LogP contribution in [0.3, 0.4) is 0 Å². The second-order valence-corrected chi connectivity index (χ2v) is 2.80. The molecule has 2 atom stereocenters. The van der Waals surface area contributed by atoms with Crippen LogP contribution in [0, 0.1) is 0 Å². The van der Waals surface area contributed by atoms with Crippen LogP contribution in [0.4, 0.5) is 13.2 Å². The van der Waals surface area contributed by atoms with E-state index in [-0.39, 0.29) is 5.57 Å². The van der Waals surface area contributed by atoms with Crippen molar-refractivity contribution in [3.63, 3.8) is 0 Å². The Labute approximate surface area is 82.9 Å². The number of aliphatic hydroxyl groups is 1. The van der Waals surface area contributed by atoms with Crippen molar-refractivity contribution >= 4 is 5.97 Å². The highest BCUT2D eigenvalue weighted by Gasteiger charge is 2.43. The number of carbonyl (C=O) groups is 1. The van der Waals surface area contributed by atoms with Crippen molar-refractivity contribution < 1.29 is 27.8 Å². The Kier molecular flexibility index (Phi) is 3.20. The van der Waals surface area contributed by atoms with Crippen LogP contribution in [0.25, 0.3) is 0 Å². The number of hydrogen-bond acceptors (Lipinski definition) is 5. The molecule has 86 valence electrons. The number of carbonyl (C=O) groups excluding carboxylic acids is 1. The Bertz CT molecular complexity index is 290. The van der Waals surface area contributed by atoms with Gasteiger partial charge >= 0.3 is 12.1 Å². The number of methoxy groups -OCH3 is 1. The summed E-state index contributed by atoms with van der Waals surface area (Å²) >= 11 is 0. The number of hydrogen-bond donors (Lipinski definition) is 3. The predicted molar refractivity (Wildman–Crippen MR) is 42.2 cm³/mol. The van der Waals surface area contributed by atoms with Gasteiger partial charge in [0, 0.05) is 6.20 Å². The van der Waals surface area contributed by atoms with Crippen molar-refractivity contribution in [2.75, 3.05) is 7.11 Å². The van der Waals surface area contributed by atoms with E-state index in [0.717, 1.165) is 13.3 Å². The molecule has 0 saturated carbocycles. The molecule has 1 heterocycles. The summed E-state index contributed by atoms with van der Waals surface area (Å²) in [5.41, 5.74) is -0.307. The molecule has 3 N–H and O–H groups in total. The van der Waals surface area contributed by atoms with Crippen LogP contribution in [0.1, 0.15) is 0 Å². The number of esters is 1. The van der Waals surface area contributed by atoms with Crippen LogP contribution >= 0.6 is 0 Å². The first-order valence-corrected chi connectivity index (χ1v) is 3.91. The smallest absolute Gasteiger partial charge is 0.422 e. The quantitative estimate of drug-likeness (QED) is 0.523. The molecule has 0 saturated heterocycles. The van der Waals surface area contributed by atoms with Crippen molar-refractivity contribution in [3.05, 3.63) is 11.8 Å². The van der Waals surface area contributed by atoms with Gasteiger partial charge in [-0.15, -0.1) is 0 Å². The number of alkyl halides is 3. The number of aliphatic hydroxyl groups excluding tert-OH is 1. The first-order valence-electron chi connectivity index (χ1n) is 3.91. The van der Waals surface area contributed by atoms with Gasteiger partial charge in [0.05, 0.1) is 12.7 Å². The standard InChI is InChI=1S/C7H9F3N2O3/c1-15-5(14)3-2-11-6(7(8,9)10)12-4(3)13/h2,4,6,11-13H,1H3/t4-,6+/m1/s1. The molecular formula is C7H9F3N2O3. The van der Waals surface area contributed by atoms with Gasteiger partial charge in [-0.25, -0.2) is 4.79 Å². The second-order valence-electron chi connectivity index (χ2n) is 2.80. The first-order chi connectivity index (χ1) is 6.86. The number of nitrogens with one attached hydrogen (secondary N) is 2. The summed E-state index contributed by atoms with van der Waals surface area (Å²) in [4.78, 5) is 10.9. The Morgan fingerprint density at radius 2 is 2.20 bits per heavy atom. The molecule has 1 aliphatic rings. The molecule has 15 heavy (non-hydrogen) atoms. The third-order valence-corrected chi connectivity index (χ3v) is 1.77. The lowest BCUT2D eigenvalue weighted by atomic mass is 10.2. The summed E-state index contributed by atoms with van der Waals surface area (Å²) in [6.45, 7) is 0. The first kappa shape index (κ1) is 11.8. The number of rotatable bonds is 1. The second kappa shape index (κ2) is 4.07. The van der Waals surface area contributed by atoms with E-state index in [1.165, 1.54) is 0 Å². The van der Waals surface area contributed by atoms with E-state index in [1.807, 2.05) is 5.32 Å². The van der Waals surface area contributed by atoms with Gasteiger partial charge in [0.15, 0.2) is 6.17 Å². The summed E-state index contributed by atoms with van der Waals surface area (Å²) in [5.74, 6) is -0.900. The van der Waals surface area contributed by atoms with E-state index in [1.54, 1.807) is 5.32 Å². The van der Waals surface area contributed by atoms with E-state index < -0.39 is 24.5 Å². The van der Waals surface area contributed by atoms with Crippen LogP contribution in [0.15, 0.2) is 11.8 Å². The zero-order valence-corrected chi connectivity index (χ0v) is 7.63. The molecular weight excluding hydrogens is 217 g/mol. The van der Waals surface area contributed by atoms with Gasteiger partial charge in [-0.2, -0.15) is 13.2 Å². The molecule has 8 heteroatoms. The Morgan fingerprint density at radius 3 is 2.60 bits per heavy atom. The molecule has 0 fully saturated rings. The average molecular weight is 226 g/mol. The zero-order valence-electron chi connectivity index (χ0n) is 7.63. The average Bonchev–Trinajstić information content (AvgIpc) is 2.15. The van der Waals surface area contributed by atoms with Crippen molar-refractivity contribution in [1.82, 2.24) is 10.6 Å². The number of ether oxygens (including phenoxy) is 1. The molecule has 0 radical (unpaired) electrons. The van der Waals surface area contributed by atoms with E-state index in [0.29, 0.717) is 0 Å². The van der Waals surface area contributed by atoms with E-state index in [2.05, 4.69) is 4.74 Å². The Hall–Kier alpha value is -1.28. The molecule has 0 amide bonds. The predicted octanol–water partition coefficient (Wildman–Crippen LogP) is -0.557. The Balaban J connectivity index is 2.76. The molecule has 0 aromatic carbocycles. The molecule has 0 aromatic rings. The van der Waals surface area contributed by atoms with Crippen molar-refractivity contribution in [2.45, 2.75) is 18.6 Å². The monoisotopic (exact) mass is 226 g/mol. The summed E-state index contributed by atoms with van der Waals surface area (Å²) in [7, 11) is 1.06. The fourth-order valence-electron chi connectivity index (χ4n) is 1.03. The maximum absolute atomic E-state index is 12.1. The van der Waals surface area contributed by atoms with Gasteiger partial charge in [-0.05, 0) is 0 Å². The largest absolute Gasteiger partial charge is 0.466 e. The highest BCUT2D eigenvalue weighted by molar-refractivity contribution is 5.89. The van der Waals surface area contributed by atoms with Crippen LogP contribution in [0.5, 0.6) is 0 Å². The minimum atomic E-state index is -4.56. The van der Waals surface area contributed by atoms with E-state index >= 15 is 0 Å². The topological polar surface area (TPSA) is 70.6 Å². The van der Waals surface area contributed by atoms with E-state index in [9.17, 15) is 23.1 Å². The molecule has 0 spiro atoms. The highest BCUT2D eigenvalue weighted by Crippen LogP contribution is 2.21. The fourth-order valence-corrected chi connectivity index (χ4v) is 1.03. The minimum absolute atomic E-state index is 0.307. The maximum Gasteiger partial charge on any atom is 0.422 e. The molecule has 0 bridgehead atoms. The normalized spacial score (nSPS) is 26.6. The van der Waals surface area contributed by atoms with Crippen LogP contribution < -0.4 is 10.6 Å². The van der Waals surface area contributed by atoms with Crippen LogP contribution in [-0.2, 0) is 9.53 Å². The van der Waals surface area contributed by atoms with Gasteiger partial charge in [-0.3, -0.25) is 5.32 Å². The Morgan fingerprint density at radius 1 is 1.60 bits per heavy atom. The lowest BCUT2D eigenvalue weighted by Crippen LogP contribution is -2.58. The SMILES string of the molecule is COC(=O)C1=CN[C@H](C(F)(F)F)N[C@@H]1O. The third-order valence-electron chi connectivity index (χ3n) is 1.77. The fraction of sp³-hybridized carbons (Fsp3) is 0.571. The third kappa shape index (κ3) is 2.60.